The maximum atomic E-state index is 12.4. The molecule has 0 bridgehead atoms. The third-order valence-corrected chi connectivity index (χ3v) is 3.80. The Kier molecular flexibility index (Phi) is 3.01. The van der Waals surface area contributed by atoms with Crippen molar-refractivity contribution in [3.05, 3.63) is 77.9 Å². The first-order chi connectivity index (χ1) is 11.3. The summed E-state index contributed by atoms with van der Waals surface area (Å²) in [6.45, 7) is 0.0846. The summed E-state index contributed by atoms with van der Waals surface area (Å²) in [5, 5.41) is 4.18. The molecule has 23 heavy (non-hydrogen) atoms. The molecule has 0 spiro atoms. The molecule has 4 rings (SSSR count). The second-order valence-electron chi connectivity index (χ2n) is 5.17. The van der Waals surface area contributed by atoms with E-state index >= 15 is 0 Å². The van der Waals surface area contributed by atoms with Gasteiger partial charge in [0.05, 0.1) is 23.4 Å². The van der Waals surface area contributed by atoms with E-state index in [2.05, 4.69) is 10.1 Å². The number of para-hydroxylation sites is 1. The molecule has 0 fully saturated rings. The number of benzene rings is 2. The highest BCUT2D eigenvalue weighted by Crippen LogP contribution is 2.24. The summed E-state index contributed by atoms with van der Waals surface area (Å²) in [6, 6.07) is 16.3. The monoisotopic (exact) mass is 304 g/mol. The Morgan fingerprint density at radius 3 is 2.09 bits per heavy atom. The van der Waals surface area contributed by atoms with Crippen molar-refractivity contribution >= 4 is 11.8 Å². The van der Waals surface area contributed by atoms with Gasteiger partial charge >= 0.3 is 0 Å². The lowest BCUT2D eigenvalue weighted by molar-refractivity contribution is 0.0637. The maximum Gasteiger partial charge on any atom is 0.261 e. The summed E-state index contributed by atoms with van der Waals surface area (Å²) < 4.78 is 1.63. The van der Waals surface area contributed by atoms with Crippen molar-refractivity contribution < 1.29 is 9.59 Å². The number of carbonyl (C=O) groups excluding carboxylic acids is 2. The van der Waals surface area contributed by atoms with Crippen molar-refractivity contribution in [3.8, 4) is 5.69 Å². The molecule has 0 N–H and O–H groups in total. The first kappa shape index (κ1) is 13.4. The Balaban J connectivity index is 1.68. The fourth-order valence-electron chi connectivity index (χ4n) is 2.68. The molecule has 1 aromatic heterocycles. The number of aromatic nitrogens is 3. The van der Waals surface area contributed by atoms with Crippen LogP contribution >= 0.6 is 0 Å². The van der Waals surface area contributed by atoms with Crippen LogP contribution in [0, 0.1) is 0 Å². The first-order valence-corrected chi connectivity index (χ1v) is 7.15. The number of imide groups is 1. The van der Waals surface area contributed by atoms with Gasteiger partial charge in [0.2, 0.25) is 0 Å². The molecule has 0 aliphatic carbocycles. The third kappa shape index (κ3) is 2.12. The normalized spacial score (nSPS) is 13.5. The lowest BCUT2D eigenvalue weighted by Crippen LogP contribution is -2.30. The van der Waals surface area contributed by atoms with Gasteiger partial charge in [-0.2, -0.15) is 5.10 Å². The van der Waals surface area contributed by atoms with Crippen molar-refractivity contribution in [3.63, 3.8) is 0 Å². The van der Waals surface area contributed by atoms with E-state index in [-0.39, 0.29) is 18.4 Å². The van der Waals surface area contributed by atoms with E-state index in [1.807, 2.05) is 30.3 Å². The highest BCUT2D eigenvalue weighted by molar-refractivity contribution is 6.21. The fourth-order valence-corrected chi connectivity index (χ4v) is 2.68. The summed E-state index contributed by atoms with van der Waals surface area (Å²) in [5.74, 6) is -0.0628. The van der Waals surface area contributed by atoms with E-state index in [1.165, 1.54) is 11.2 Å². The standard InChI is InChI=1S/C17H12N4O2/c22-16-13-8-4-5-9-14(13)17(23)20(16)10-15-18-11-19-21(15)12-6-2-1-3-7-12/h1-9,11H,10H2. The third-order valence-electron chi connectivity index (χ3n) is 3.80. The Bertz CT molecular complexity index is 867. The van der Waals surface area contributed by atoms with Crippen molar-refractivity contribution in [2.24, 2.45) is 0 Å². The van der Waals surface area contributed by atoms with E-state index in [1.54, 1.807) is 28.9 Å². The van der Waals surface area contributed by atoms with Crippen LogP contribution in [0.25, 0.3) is 5.69 Å². The molecule has 0 atom stereocenters. The number of fused-ring (bicyclic) bond motifs is 1. The minimum absolute atomic E-state index is 0.0846. The highest BCUT2D eigenvalue weighted by atomic mass is 16.2. The van der Waals surface area contributed by atoms with Crippen molar-refractivity contribution in [2.75, 3.05) is 0 Å². The van der Waals surface area contributed by atoms with Gasteiger partial charge < -0.3 is 0 Å². The van der Waals surface area contributed by atoms with Gasteiger partial charge in [0.15, 0.2) is 5.82 Å². The molecular formula is C17H12N4O2. The largest absolute Gasteiger partial charge is 0.269 e. The van der Waals surface area contributed by atoms with E-state index in [0.29, 0.717) is 17.0 Å². The molecule has 2 amide bonds. The van der Waals surface area contributed by atoms with Crippen LogP contribution in [0.5, 0.6) is 0 Å². The molecule has 112 valence electrons. The number of amides is 2. The van der Waals surface area contributed by atoms with Crippen LogP contribution in [-0.2, 0) is 6.54 Å². The Morgan fingerprint density at radius 2 is 1.43 bits per heavy atom. The highest BCUT2D eigenvalue weighted by Gasteiger charge is 2.35. The van der Waals surface area contributed by atoms with Crippen molar-refractivity contribution in [2.45, 2.75) is 6.54 Å². The molecule has 3 aromatic rings. The minimum Gasteiger partial charge on any atom is -0.269 e. The van der Waals surface area contributed by atoms with Crippen LogP contribution in [0.1, 0.15) is 26.5 Å². The average Bonchev–Trinajstić information content (AvgIpc) is 3.15. The summed E-state index contributed by atoms with van der Waals surface area (Å²) in [7, 11) is 0. The van der Waals surface area contributed by atoms with E-state index < -0.39 is 0 Å². The Labute approximate surface area is 132 Å². The first-order valence-electron chi connectivity index (χ1n) is 7.15. The van der Waals surface area contributed by atoms with Crippen LogP contribution < -0.4 is 0 Å². The number of nitrogens with zero attached hydrogens (tertiary/aromatic N) is 4. The topological polar surface area (TPSA) is 68.1 Å². The number of carbonyl (C=O) groups is 2. The van der Waals surface area contributed by atoms with Crippen LogP contribution in [0.4, 0.5) is 0 Å². The van der Waals surface area contributed by atoms with Gasteiger partial charge in [-0.05, 0) is 24.3 Å². The van der Waals surface area contributed by atoms with Crippen LogP contribution in [0.2, 0.25) is 0 Å². The van der Waals surface area contributed by atoms with Gasteiger partial charge in [0.1, 0.15) is 6.33 Å². The lowest BCUT2D eigenvalue weighted by Gasteiger charge is -2.14. The smallest absolute Gasteiger partial charge is 0.261 e. The SMILES string of the molecule is O=C1c2ccccc2C(=O)N1Cc1ncnn1-c1ccccc1. The summed E-state index contributed by atoms with van der Waals surface area (Å²) >= 11 is 0. The quantitative estimate of drug-likeness (QED) is 0.695. The van der Waals surface area contributed by atoms with Gasteiger partial charge in [-0.3, -0.25) is 14.5 Å². The van der Waals surface area contributed by atoms with Crippen molar-refractivity contribution in [1.82, 2.24) is 19.7 Å². The minimum atomic E-state index is -0.298. The molecule has 6 nitrogen and oxygen atoms in total. The van der Waals surface area contributed by atoms with Crippen LogP contribution in [0.3, 0.4) is 0 Å². The van der Waals surface area contributed by atoms with Gasteiger partial charge in [-0.1, -0.05) is 30.3 Å². The van der Waals surface area contributed by atoms with Crippen LogP contribution in [0.15, 0.2) is 60.9 Å². The van der Waals surface area contributed by atoms with E-state index in [9.17, 15) is 9.59 Å². The Hall–Kier alpha value is -3.28. The summed E-state index contributed by atoms with van der Waals surface area (Å²) in [4.78, 5) is 30.3. The fraction of sp³-hybridized carbons (Fsp3) is 0.0588. The van der Waals surface area contributed by atoms with E-state index in [4.69, 9.17) is 0 Å². The second kappa shape index (κ2) is 5.17. The zero-order chi connectivity index (χ0) is 15.8. The predicted molar refractivity (Wildman–Crippen MR) is 82.0 cm³/mol. The van der Waals surface area contributed by atoms with Gasteiger partial charge in [-0.25, -0.2) is 9.67 Å². The number of rotatable bonds is 3. The lowest BCUT2D eigenvalue weighted by atomic mass is 10.1. The predicted octanol–water partition coefficient (Wildman–Crippen LogP) is 2.06. The van der Waals surface area contributed by atoms with Gasteiger partial charge in [0, 0.05) is 0 Å². The Morgan fingerprint density at radius 1 is 0.826 bits per heavy atom. The van der Waals surface area contributed by atoms with Crippen LogP contribution in [-0.4, -0.2) is 31.5 Å². The number of hydrogen-bond donors (Lipinski definition) is 0. The summed E-state index contributed by atoms with van der Waals surface area (Å²) in [6.07, 6.45) is 1.42. The maximum absolute atomic E-state index is 12.4. The molecule has 1 aliphatic heterocycles. The zero-order valence-corrected chi connectivity index (χ0v) is 12.1. The molecule has 6 heteroatoms. The number of hydrogen-bond acceptors (Lipinski definition) is 4. The molecular weight excluding hydrogens is 292 g/mol. The molecule has 0 saturated carbocycles. The molecule has 1 aliphatic rings. The average molecular weight is 304 g/mol. The molecule has 0 saturated heterocycles. The summed E-state index contributed by atoms with van der Waals surface area (Å²) in [5.41, 5.74) is 1.70. The zero-order valence-electron chi connectivity index (χ0n) is 12.1. The van der Waals surface area contributed by atoms with Gasteiger partial charge in [0.25, 0.3) is 11.8 Å². The molecule has 0 unspecified atom stereocenters. The molecule has 0 radical (unpaired) electrons. The second-order valence-corrected chi connectivity index (χ2v) is 5.17. The molecule has 2 heterocycles. The van der Waals surface area contributed by atoms with E-state index in [0.717, 1.165) is 5.69 Å². The van der Waals surface area contributed by atoms with Gasteiger partial charge in [-0.15, -0.1) is 0 Å². The molecule has 2 aromatic carbocycles. The van der Waals surface area contributed by atoms with Crippen molar-refractivity contribution in [1.29, 1.82) is 0 Å².